The summed E-state index contributed by atoms with van der Waals surface area (Å²) in [6.07, 6.45) is -0.299. The molecule has 2 atom stereocenters. The van der Waals surface area contributed by atoms with Gasteiger partial charge in [-0.2, -0.15) is 4.31 Å². The van der Waals surface area contributed by atoms with Crippen molar-refractivity contribution in [3.63, 3.8) is 0 Å². The Hall–Kier alpha value is -3.82. The van der Waals surface area contributed by atoms with Gasteiger partial charge < -0.3 is 4.74 Å². The van der Waals surface area contributed by atoms with Crippen LogP contribution in [0.15, 0.2) is 83.8 Å². The van der Waals surface area contributed by atoms with Gasteiger partial charge in [-0.15, -0.1) is 0 Å². The van der Waals surface area contributed by atoms with E-state index in [0.717, 1.165) is 14.8 Å². The summed E-state index contributed by atoms with van der Waals surface area (Å²) in [5.41, 5.74) is 1.85. The topological polar surface area (TPSA) is 101 Å². The number of carbonyl (C=O) groups is 3. The van der Waals surface area contributed by atoms with Crippen LogP contribution in [0, 0.1) is 6.92 Å². The van der Waals surface area contributed by atoms with Crippen molar-refractivity contribution >= 4 is 33.5 Å². The molecule has 2 unspecified atom stereocenters. The molecule has 1 fully saturated rings. The summed E-state index contributed by atoms with van der Waals surface area (Å²) in [4.78, 5) is 38.8. The molecule has 0 bridgehead atoms. The van der Waals surface area contributed by atoms with Gasteiger partial charge in [-0.25, -0.2) is 13.3 Å². The average molecular weight is 507 g/mol. The van der Waals surface area contributed by atoms with Crippen molar-refractivity contribution in [1.29, 1.82) is 0 Å². The van der Waals surface area contributed by atoms with Crippen LogP contribution in [0.3, 0.4) is 0 Å². The van der Waals surface area contributed by atoms with Crippen LogP contribution in [0.2, 0.25) is 0 Å². The van der Waals surface area contributed by atoms with Gasteiger partial charge in [0.25, 0.3) is 5.91 Å². The molecule has 3 aromatic rings. The van der Waals surface area contributed by atoms with Crippen molar-refractivity contribution in [2.45, 2.75) is 44.2 Å². The number of rotatable bonds is 7. The van der Waals surface area contributed by atoms with Crippen LogP contribution >= 0.6 is 0 Å². The molecule has 1 aliphatic heterocycles. The van der Waals surface area contributed by atoms with Gasteiger partial charge in [-0.3, -0.25) is 14.4 Å². The monoisotopic (exact) mass is 506 g/mol. The number of nitrogens with zero attached hydrogens (tertiary/aromatic N) is 2. The van der Waals surface area contributed by atoms with Crippen molar-refractivity contribution < 1.29 is 27.5 Å². The number of sulfonamides is 1. The lowest BCUT2D eigenvalue weighted by Crippen LogP contribution is -2.46. The fourth-order valence-electron chi connectivity index (χ4n) is 4.27. The summed E-state index contributed by atoms with van der Waals surface area (Å²) in [5.74, 6) is -1.39. The third kappa shape index (κ3) is 4.93. The molecule has 8 nitrogen and oxygen atoms in total. The maximum Gasteiger partial charge on any atom is 0.308 e. The van der Waals surface area contributed by atoms with Gasteiger partial charge in [0.1, 0.15) is 11.8 Å². The van der Waals surface area contributed by atoms with Gasteiger partial charge in [0.05, 0.1) is 17.0 Å². The second kappa shape index (κ2) is 10.0. The van der Waals surface area contributed by atoms with Crippen LogP contribution in [0.1, 0.15) is 37.4 Å². The largest absolute Gasteiger partial charge is 0.427 e. The van der Waals surface area contributed by atoms with Crippen LogP contribution in [-0.2, 0) is 24.4 Å². The average Bonchev–Trinajstić information content (AvgIpc) is 3.13. The molecule has 1 heterocycles. The Bertz CT molecular complexity index is 1390. The minimum atomic E-state index is -4.15. The van der Waals surface area contributed by atoms with Gasteiger partial charge in [0.2, 0.25) is 15.9 Å². The van der Waals surface area contributed by atoms with E-state index in [1.807, 2.05) is 13.0 Å². The predicted octanol–water partition coefficient (Wildman–Crippen LogP) is 4.00. The summed E-state index contributed by atoms with van der Waals surface area (Å²) in [5, 5.41) is 0. The first-order chi connectivity index (χ1) is 17.1. The summed E-state index contributed by atoms with van der Waals surface area (Å²) in [6, 6.07) is 19.3. The van der Waals surface area contributed by atoms with Gasteiger partial charge in [-0.05, 0) is 55.8 Å². The first-order valence-electron chi connectivity index (χ1n) is 11.4. The summed E-state index contributed by atoms with van der Waals surface area (Å²) >= 11 is 0. The molecule has 2 amide bonds. The maximum atomic E-state index is 13.9. The summed E-state index contributed by atoms with van der Waals surface area (Å²) in [6.45, 7) is 4.82. The molecule has 0 aliphatic carbocycles. The minimum Gasteiger partial charge on any atom is -0.427 e. The van der Waals surface area contributed by atoms with Crippen LogP contribution in [0.25, 0.3) is 0 Å². The molecular formula is C27H26N2O6S. The van der Waals surface area contributed by atoms with Crippen LogP contribution < -0.4 is 9.64 Å². The van der Waals surface area contributed by atoms with E-state index in [1.165, 1.54) is 43.3 Å². The number of hydrogen-bond donors (Lipinski definition) is 0. The zero-order valence-corrected chi connectivity index (χ0v) is 20.9. The third-order valence-corrected chi connectivity index (χ3v) is 8.04. The Morgan fingerprint density at radius 3 is 2.17 bits per heavy atom. The molecule has 0 N–H and O–H groups in total. The van der Waals surface area contributed by atoms with Gasteiger partial charge in [0.15, 0.2) is 0 Å². The van der Waals surface area contributed by atoms with Crippen LogP contribution in [-0.4, -0.2) is 36.5 Å². The molecule has 186 valence electrons. The Labute approximate surface area is 210 Å². The zero-order valence-electron chi connectivity index (χ0n) is 20.1. The zero-order chi connectivity index (χ0) is 26.0. The highest BCUT2D eigenvalue weighted by Gasteiger charge is 2.48. The molecule has 0 spiro atoms. The van der Waals surface area contributed by atoms with E-state index in [-0.39, 0.29) is 22.8 Å². The number of esters is 1. The molecule has 1 aliphatic rings. The van der Waals surface area contributed by atoms with E-state index in [2.05, 4.69) is 0 Å². The standard InChI is InChI=1S/C27H26N2O6S/c1-18-9-15-24(16-10-18)36(33,34)29(19(2)21-7-5-4-6-8-21)25-17-26(31)28(27(25)32)22-11-13-23(14-12-22)35-20(3)30/h4-16,19,25H,17H2,1-3H3. The van der Waals surface area contributed by atoms with Crippen molar-refractivity contribution in [3.8, 4) is 5.75 Å². The number of amides is 2. The Morgan fingerprint density at radius 1 is 0.972 bits per heavy atom. The van der Waals surface area contributed by atoms with E-state index < -0.39 is 39.9 Å². The third-order valence-electron chi connectivity index (χ3n) is 6.05. The number of imide groups is 1. The Balaban J connectivity index is 1.74. The Morgan fingerprint density at radius 2 is 1.58 bits per heavy atom. The van der Waals surface area contributed by atoms with Crippen LogP contribution in [0.4, 0.5) is 5.69 Å². The molecule has 4 rings (SSSR count). The normalized spacial score (nSPS) is 16.9. The Kier molecular flexibility index (Phi) is 7.05. The molecule has 0 aromatic heterocycles. The number of aryl methyl sites for hydroxylation is 1. The van der Waals surface area contributed by atoms with E-state index >= 15 is 0 Å². The summed E-state index contributed by atoms with van der Waals surface area (Å²) < 4.78 is 33.9. The lowest BCUT2D eigenvalue weighted by atomic mass is 10.1. The quantitative estimate of drug-likeness (QED) is 0.273. The molecule has 0 radical (unpaired) electrons. The fourth-order valence-corrected chi connectivity index (χ4v) is 6.03. The van der Waals surface area contributed by atoms with Crippen molar-refractivity contribution in [1.82, 2.24) is 4.31 Å². The van der Waals surface area contributed by atoms with Crippen molar-refractivity contribution in [3.05, 3.63) is 90.0 Å². The van der Waals surface area contributed by atoms with E-state index in [4.69, 9.17) is 4.74 Å². The van der Waals surface area contributed by atoms with E-state index in [1.54, 1.807) is 43.3 Å². The van der Waals surface area contributed by atoms with Gasteiger partial charge in [0, 0.05) is 13.0 Å². The number of benzene rings is 3. The molecular weight excluding hydrogens is 480 g/mol. The lowest BCUT2D eigenvalue weighted by Gasteiger charge is -2.32. The summed E-state index contributed by atoms with van der Waals surface area (Å²) in [7, 11) is -4.15. The van der Waals surface area contributed by atoms with E-state index in [9.17, 15) is 22.8 Å². The highest BCUT2D eigenvalue weighted by atomic mass is 32.2. The SMILES string of the molecule is CC(=O)Oc1ccc(N2C(=O)CC(N(C(C)c3ccccc3)S(=O)(=O)c3ccc(C)cc3)C2=O)cc1. The maximum absolute atomic E-state index is 13.9. The first kappa shape index (κ1) is 25.3. The van der Waals surface area contributed by atoms with Crippen LogP contribution in [0.5, 0.6) is 5.75 Å². The van der Waals surface area contributed by atoms with Crippen molar-refractivity contribution in [2.24, 2.45) is 0 Å². The molecule has 0 saturated carbocycles. The minimum absolute atomic E-state index is 0.0420. The number of anilines is 1. The lowest BCUT2D eigenvalue weighted by molar-refractivity contribution is -0.132. The van der Waals surface area contributed by atoms with E-state index in [0.29, 0.717) is 5.56 Å². The molecule has 3 aromatic carbocycles. The molecule has 36 heavy (non-hydrogen) atoms. The smallest absolute Gasteiger partial charge is 0.308 e. The second-order valence-electron chi connectivity index (χ2n) is 8.61. The highest BCUT2D eigenvalue weighted by molar-refractivity contribution is 7.89. The van der Waals surface area contributed by atoms with Gasteiger partial charge in [-0.1, -0.05) is 48.0 Å². The highest BCUT2D eigenvalue weighted by Crippen LogP contribution is 2.36. The second-order valence-corrected chi connectivity index (χ2v) is 10.5. The number of hydrogen-bond acceptors (Lipinski definition) is 6. The van der Waals surface area contributed by atoms with Gasteiger partial charge >= 0.3 is 5.97 Å². The number of carbonyl (C=O) groups excluding carboxylic acids is 3. The van der Waals surface area contributed by atoms with Crippen molar-refractivity contribution in [2.75, 3.05) is 4.90 Å². The number of ether oxygens (including phenoxy) is 1. The molecule has 1 saturated heterocycles. The first-order valence-corrected chi connectivity index (χ1v) is 12.8. The molecule has 9 heteroatoms. The fraction of sp³-hybridized carbons (Fsp3) is 0.222. The predicted molar refractivity (Wildman–Crippen MR) is 134 cm³/mol.